The number of carbonyl (C=O) groups is 2. The van der Waals surface area contributed by atoms with Crippen molar-refractivity contribution in [1.29, 1.82) is 0 Å². The van der Waals surface area contributed by atoms with E-state index in [-0.39, 0.29) is 17.0 Å². The van der Waals surface area contributed by atoms with Gasteiger partial charge in [-0.3, -0.25) is 10.1 Å². The molecule has 0 saturated heterocycles. The van der Waals surface area contributed by atoms with Crippen LogP contribution < -0.4 is 24.3 Å². The second kappa shape index (κ2) is 10.8. The SMILES string of the molecule is COc1ccc2c(c1)C(=O)C(OC(=O)Nc1ccc(OC(F)F)cc1)[C@@H](c1ccc(OC)c(Br)c1)O2. The molecule has 11 heteroatoms. The summed E-state index contributed by atoms with van der Waals surface area (Å²) in [6.45, 7) is -2.97. The Labute approximate surface area is 213 Å². The number of halogens is 3. The number of nitrogens with one attached hydrogen (secondary N) is 1. The predicted octanol–water partition coefficient (Wildman–Crippen LogP) is 6.00. The lowest BCUT2D eigenvalue weighted by molar-refractivity contribution is -0.0498. The van der Waals surface area contributed by atoms with Crippen LogP contribution in [0.25, 0.3) is 0 Å². The monoisotopic (exact) mass is 563 g/mol. The maximum Gasteiger partial charge on any atom is 0.412 e. The molecular weight excluding hydrogens is 544 g/mol. The van der Waals surface area contributed by atoms with Crippen LogP contribution >= 0.6 is 15.9 Å². The van der Waals surface area contributed by atoms with Gasteiger partial charge in [-0.2, -0.15) is 8.78 Å². The van der Waals surface area contributed by atoms with Crippen LogP contribution in [0.5, 0.6) is 23.0 Å². The highest BCUT2D eigenvalue weighted by Crippen LogP contribution is 2.40. The molecule has 0 aliphatic carbocycles. The van der Waals surface area contributed by atoms with E-state index in [1.165, 1.54) is 44.6 Å². The van der Waals surface area contributed by atoms with Crippen LogP contribution in [0.1, 0.15) is 22.0 Å². The molecule has 1 N–H and O–H groups in total. The third-order valence-electron chi connectivity index (χ3n) is 5.30. The van der Waals surface area contributed by atoms with E-state index in [4.69, 9.17) is 18.9 Å². The highest BCUT2D eigenvalue weighted by Gasteiger charge is 2.41. The molecule has 2 atom stereocenters. The second-order valence-corrected chi connectivity index (χ2v) is 8.37. The van der Waals surface area contributed by atoms with E-state index in [1.54, 1.807) is 30.3 Å². The molecule has 0 fully saturated rings. The number of benzene rings is 3. The molecule has 1 aliphatic heterocycles. The van der Waals surface area contributed by atoms with Gasteiger partial charge in [-0.25, -0.2) is 4.79 Å². The maximum absolute atomic E-state index is 13.4. The minimum atomic E-state index is -2.97. The molecule has 1 amide bonds. The third kappa shape index (κ3) is 5.51. The number of anilines is 1. The average molecular weight is 564 g/mol. The van der Waals surface area contributed by atoms with Crippen molar-refractivity contribution in [3.63, 3.8) is 0 Å². The predicted molar refractivity (Wildman–Crippen MR) is 128 cm³/mol. The number of hydrogen-bond acceptors (Lipinski definition) is 7. The van der Waals surface area contributed by atoms with Crippen LogP contribution in [0.2, 0.25) is 0 Å². The second-order valence-electron chi connectivity index (χ2n) is 7.51. The minimum absolute atomic E-state index is 0.0736. The normalized spacial score (nSPS) is 16.6. The highest BCUT2D eigenvalue weighted by atomic mass is 79.9. The van der Waals surface area contributed by atoms with Crippen molar-refractivity contribution in [3.05, 3.63) is 76.3 Å². The van der Waals surface area contributed by atoms with Crippen molar-refractivity contribution < 1.29 is 42.1 Å². The van der Waals surface area contributed by atoms with Gasteiger partial charge in [-0.1, -0.05) is 6.07 Å². The average Bonchev–Trinajstić information content (AvgIpc) is 2.86. The molecule has 3 aromatic carbocycles. The quantitative estimate of drug-likeness (QED) is 0.376. The largest absolute Gasteiger partial charge is 0.497 e. The van der Waals surface area contributed by atoms with Gasteiger partial charge in [0.05, 0.1) is 24.3 Å². The number of hydrogen-bond donors (Lipinski definition) is 1. The number of fused-ring (bicyclic) bond motifs is 1. The fourth-order valence-electron chi connectivity index (χ4n) is 3.62. The molecule has 8 nitrogen and oxygen atoms in total. The van der Waals surface area contributed by atoms with Crippen LogP contribution in [-0.4, -0.2) is 38.8 Å². The van der Waals surface area contributed by atoms with Crippen molar-refractivity contribution in [2.45, 2.75) is 18.8 Å². The topological polar surface area (TPSA) is 92.3 Å². The molecule has 0 spiro atoms. The van der Waals surface area contributed by atoms with Crippen LogP contribution in [-0.2, 0) is 4.74 Å². The summed E-state index contributed by atoms with van der Waals surface area (Å²) in [4.78, 5) is 26.2. The smallest absolute Gasteiger partial charge is 0.412 e. The number of rotatable bonds is 7. The summed E-state index contributed by atoms with van der Waals surface area (Å²) in [7, 11) is 2.99. The van der Waals surface area contributed by atoms with Gasteiger partial charge in [0.25, 0.3) is 0 Å². The fraction of sp³-hybridized carbons (Fsp3) is 0.200. The van der Waals surface area contributed by atoms with Gasteiger partial charge >= 0.3 is 12.7 Å². The van der Waals surface area contributed by atoms with Crippen molar-refractivity contribution in [1.82, 2.24) is 0 Å². The summed E-state index contributed by atoms with van der Waals surface area (Å²) >= 11 is 3.42. The van der Waals surface area contributed by atoms with Crippen molar-refractivity contribution >= 4 is 33.5 Å². The first-order valence-electron chi connectivity index (χ1n) is 10.5. The van der Waals surface area contributed by atoms with E-state index in [0.29, 0.717) is 27.3 Å². The van der Waals surface area contributed by atoms with E-state index in [0.717, 1.165) is 0 Å². The number of ether oxygens (including phenoxy) is 5. The van der Waals surface area contributed by atoms with Gasteiger partial charge in [0.1, 0.15) is 23.0 Å². The van der Waals surface area contributed by atoms with E-state index in [2.05, 4.69) is 26.0 Å². The first-order chi connectivity index (χ1) is 17.3. The molecule has 3 aromatic rings. The van der Waals surface area contributed by atoms with Gasteiger partial charge in [-0.15, -0.1) is 0 Å². The molecule has 0 radical (unpaired) electrons. The zero-order valence-electron chi connectivity index (χ0n) is 19.0. The molecule has 1 aliphatic rings. The Morgan fingerprint density at radius 2 is 1.72 bits per heavy atom. The van der Waals surface area contributed by atoms with Crippen LogP contribution in [0.3, 0.4) is 0 Å². The Balaban J connectivity index is 1.60. The van der Waals surface area contributed by atoms with E-state index >= 15 is 0 Å². The minimum Gasteiger partial charge on any atom is -0.497 e. The van der Waals surface area contributed by atoms with Gasteiger partial charge in [0, 0.05) is 5.69 Å². The maximum atomic E-state index is 13.4. The molecule has 4 rings (SSSR count). The van der Waals surface area contributed by atoms with E-state index < -0.39 is 30.7 Å². The molecular formula is C25H20BrF2NO7. The standard InChI is InChI=1S/C25H20BrF2NO7/c1-32-16-8-10-19-17(12-16)21(30)23(22(35-19)13-3-9-20(33-2)18(26)11-13)36-25(31)29-14-4-6-15(7-5-14)34-24(27)28/h3-12,22-24H,1-2H3,(H,29,31)/t22-,23?/m1/s1. The van der Waals surface area contributed by atoms with Crippen molar-refractivity contribution in [2.24, 2.45) is 0 Å². The van der Waals surface area contributed by atoms with E-state index in [1.807, 2.05) is 0 Å². The summed E-state index contributed by atoms with van der Waals surface area (Å²) in [6, 6.07) is 15.1. The number of alkyl halides is 2. The number of Topliss-reactive ketones (excluding diaryl/α,β-unsaturated/α-hetero) is 1. The Bertz CT molecular complexity index is 1270. The zero-order chi connectivity index (χ0) is 25.8. The van der Waals surface area contributed by atoms with Crippen molar-refractivity contribution in [2.75, 3.05) is 19.5 Å². The van der Waals surface area contributed by atoms with Crippen LogP contribution in [0.15, 0.2) is 65.1 Å². The van der Waals surface area contributed by atoms with Gasteiger partial charge in [-0.05, 0) is 76.1 Å². The molecule has 1 unspecified atom stereocenters. The summed E-state index contributed by atoms with van der Waals surface area (Å²) in [6.07, 6.45) is -3.25. The molecule has 0 bridgehead atoms. The molecule has 0 aromatic heterocycles. The number of methoxy groups -OCH3 is 2. The van der Waals surface area contributed by atoms with Gasteiger partial charge < -0.3 is 23.7 Å². The van der Waals surface area contributed by atoms with Crippen LogP contribution in [0.4, 0.5) is 19.3 Å². The summed E-state index contributed by atoms with van der Waals surface area (Å²) in [5.41, 5.74) is 1.00. The highest BCUT2D eigenvalue weighted by molar-refractivity contribution is 9.10. The van der Waals surface area contributed by atoms with Crippen LogP contribution in [0, 0.1) is 0 Å². The number of amides is 1. The molecule has 36 heavy (non-hydrogen) atoms. The lowest BCUT2D eigenvalue weighted by atomic mass is 9.93. The van der Waals surface area contributed by atoms with Gasteiger partial charge in [0.2, 0.25) is 11.9 Å². The van der Waals surface area contributed by atoms with Crippen molar-refractivity contribution in [3.8, 4) is 23.0 Å². The number of carbonyl (C=O) groups excluding carboxylic acids is 2. The summed E-state index contributed by atoms with van der Waals surface area (Å²) in [5.74, 6) is 0.761. The third-order valence-corrected chi connectivity index (χ3v) is 5.92. The lowest BCUT2D eigenvalue weighted by Gasteiger charge is -2.32. The summed E-state index contributed by atoms with van der Waals surface area (Å²) < 4.78 is 51.7. The summed E-state index contributed by atoms with van der Waals surface area (Å²) in [5, 5.41) is 2.47. The Hall–Kier alpha value is -3.86. The van der Waals surface area contributed by atoms with E-state index in [9.17, 15) is 18.4 Å². The van der Waals surface area contributed by atoms with Gasteiger partial charge in [0.15, 0.2) is 6.10 Å². The molecule has 1 heterocycles. The molecule has 188 valence electrons. The Morgan fingerprint density at radius 3 is 2.36 bits per heavy atom. The zero-order valence-corrected chi connectivity index (χ0v) is 20.6. The Morgan fingerprint density at radius 1 is 1.00 bits per heavy atom. The number of ketones is 1. The lowest BCUT2D eigenvalue weighted by Crippen LogP contribution is -2.40. The Kier molecular flexibility index (Phi) is 7.58. The first-order valence-corrected chi connectivity index (χ1v) is 11.3. The fourth-order valence-corrected chi connectivity index (χ4v) is 4.18. The molecule has 0 saturated carbocycles. The first kappa shape index (κ1) is 25.2.